The largest absolute Gasteiger partial charge is 0.311 e. The van der Waals surface area contributed by atoms with E-state index in [1.165, 1.54) is 142 Å². The smallest absolute Gasteiger partial charge is 0.264 e. The maximum Gasteiger partial charge on any atom is 0.264 e. The van der Waals surface area contributed by atoms with E-state index in [9.17, 15) is 0 Å². The van der Waals surface area contributed by atoms with Crippen LogP contribution in [0.2, 0.25) is 19.6 Å². The molecule has 2 nitrogen and oxygen atoms in total. The van der Waals surface area contributed by atoms with Crippen molar-refractivity contribution in [2.45, 2.75) is 207 Å². The van der Waals surface area contributed by atoms with Crippen molar-refractivity contribution < 1.29 is 0 Å². The van der Waals surface area contributed by atoms with E-state index in [0.717, 1.165) is 6.42 Å². The second kappa shape index (κ2) is 16.1. The van der Waals surface area contributed by atoms with E-state index in [-0.39, 0.29) is 44.6 Å². The highest BCUT2D eigenvalue weighted by atomic mass is 32.1. The van der Waals surface area contributed by atoms with Gasteiger partial charge in [0.05, 0.1) is 19.4 Å². The molecule has 0 bridgehead atoms. The molecule has 12 rings (SSSR count). The molecular formula is C70H85BN2SSi. The maximum absolute atomic E-state index is 2.90. The minimum absolute atomic E-state index is 0.0226. The first-order chi connectivity index (χ1) is 34.8. The number of thiophene rings is 1. The minimum Gasteiger partial charge on any atom is -0.311 e. The first kappa shape index (κ1) is 50.9. The van der Waals surface area contributed by atoms with E-state index in [4.69, 9.17) is 0 Å². The first-order valence-corrected chi connectivity index (χ1v) is 33.1. The number of nitrogens with zero attached hydrogens (tertiary/aromatic N) is 2. The van der Waals surface area contributed by atoms with E-state index in [2.05, 4.69) is 249 Å². The van der Waals surface area contributed by atoms with Crippen LogP contribution in [-0.2, 0) is 37.9 Å². The fourth-order valence-corrected chi connectivity index (χ4v) is 17.2. The molecule has 388 valence electrons. The van der Waals surface area contributed by atoms with Gasteiger partial charge in [-0.2, -0.15) is 0 Å². The molecule has 0 unspecified atom stereocenters. The van der Waals surface area contributed by atoms with E-state index >= 15 is 0 Å². The lowest BCUT2D eigenvalue weighted by Gasteiger charge is -2.50. The van der Waals surface area contributed by atoms with Crippen LogP contribution in [0.25, 0.3) is 21.2 Å². The second-order valence-corrected chi connectivity index (χ2v) is 36.4. The molecule has 1 aromatic heterocycles. The molecule has 0 fully saturated rings. The summed E-state index contributed by atoms with van der Waals surface area (Å²) in [6.07, 6.45) is 7.07. The zero-order chi connectivity index (χ0) is 53.7. The number of anilines is 6. The van der Waals surface area contributed by atoms with Gasteiger partial charge in [-0.15, -0.1) is 11.3 Å². The van der Waals surface area contributed by atoms with Crippen LogP contribution in [0.5, 0.6) is 0 Å². The number of rotatable bonds is 4. The monoisotopic (exact) mass is 1020 g/mol. The van der Waals surface area contributed by atoms with Crippen LogP contribution in [0.3, 0.4) is 0 Å². The molecule has 2 aliphatic heterocycles. The summed E-state index contributed by atoms with van der Waals surface area (Å²) in [5, 5.41) is 2.92. The van der Waals surface area contributed by atoms with Crippen molar-refractivity contribution in [3.63, 3.8) is 0 Å². The normalized spacial score (nSPS) is 20.2. The van der Waals surface area contributed by atoms with Crippen molar-refractivity contribution >= 4 is 91.2 Å². The van der Waals surface area contributed by atoms with Gasteiger partial charge in [0.25, 0.3) is 6.71 Å². The summed E-state index contributed by atoms with van der Waals surface area (Å²) in [5.74, 6) is 0. The predicted octanol–water partition coefficient (Wildman–Crippen LogP) is 17.8. The Hall–Kier alpha value is -4.84. The summed E-state index contributed by atoms with van der Waals surface area (Å²) in [7, 11) is -2.00. The quantitative estimate of drug-likeness (QED) is 0.162. The highest BCUT2D eigenvalue weighted by Gasteiger charge is 2.51. The van der Waals surface area contributed by atoms with Gasteiger partial charge in [-0.25, -0.2) is 0 Å². The molecule has 5 aliphatic rings. The number of benzene rings is 6. The molecule has 0 N–H and O–H groups in total. The van der Waals surface area contributed by atoms with Crippen LogP contribution < -0.4 is 30.7 Å². The fourth-order valence-electron chi connectivity index (χ4n) is 14.7. The third-order valence-electron chi connectivity index (χ3n) is 20.0. The van der Waals surface area contributed by atoms with Gasteiger partial charge in [-0.3, -0.25) is 0 Å². The summed E-state index contributed by atoms with van der Waals surface area (Å²) in [4.78, 5) is 5.69. The van der Waals surface area contributed by atoms with Crippen molar-refractivity contribution in [3.05, 3.63) is 142 Å². The molecule has 0 amide bonds. The van der Waals surface area contributed by atoms with Crippen LogP contribution in [0.15, 0.2) is 97.1 Å². The minimum atomic E-state index is -2.00. The highest BCUT2D eigenvalue weighted by Crippen LogP contribution is 2.58. The van der Waals surface area contributed by atoms with Crippen molar-refractivity contribution in [2.24, 2.45) is 0 Å². The van der Waals surface area contributed by atoms with Gasteiger partial charge in [-0.1, -0.05) is 183 Å². The summed E-state index contributed by atoms with van der Waals surface area (Å²) in [6.45, 7) is 47.4. The highest BCUT2D eigenvalue weighted by molar-refractivity contribution is 7.33. The molecule has 0 atom stereocenters. The average molecular weight is 1030 g/mol. The molecule has 6 aromatic carbocycles. The molecule has 3 heterocycles. The van der Waals surface area contributed by atoms with Crippen LogP contribution in [0.1, 0.15) is 187 Å². The van der Waals surface area contributed by atoms with E-state index in [0.29, 0.717) is 0 Å². The Morgan fingerprint density at radius 1 is 0.507 bits per heavy atom. The molecule has 0 saturated carbocycles. The van der Waals surface area contributed by atoms with Gasteiger partial charge in [0.1, 0.15) is 0 Å². The lowest BCUT2D eigenvalue weighted by molar-refractivity contribution is 0.332. The number of fused-ring (bicyclic) bond motifs is 10. The van der Waals surface area contributed by atoms with Gasteiger partial charge in [0, 0.05) is 43.2 Å². The zero-order valence-electron chi connectivity index (χ0n) is 49.4. The van der Waals surface area contributed by atoms with Crippen LogP contribution in [0, 0.1) is 6.92 Å². The maximum atomic E-state index is 2.90. The Morgan fingerprint density at radius 2 is 1.03 bits per heavy atom. The summed E-state index contributed by atoms with van der Waals surface area (Å²) in [5.41, 5.74) is 25.9. The van der Waals surface area contributed by atoms with Crippen LogP contribution >= 0.6 is 11.3 Å². The standard InChI is InChI=1S/C70H85BN2SSi/c1-42-35-44(64(2,3)4)25-28-54(42)72-56-36-45(75(17,18)19)37-57-60(56)71(63-61(72)47-39-50-52(41-58(47)74-63)69(13,14)32-30-67(50,9)10)53-27-26-48-59(70(15,16)34-33-65(48,5)6)62(53)73(57)55-40-51-49(66(7,8)29-31-68(51,11)12)38-46(55)43-23-21-20-22-24-43/h20-28,35-41H,29-34H2,1-19H3. The van der Waals surface area contributed by atoms with Crippen molar-refractivity contribution in [1.82, 2.24) is 0 Å². The predicted molar refractivity (Wildman–Crippen MR) is 334 cm³/mol. The second-order valence-electron chi connectivity index (χ2n) is 30.3. The summed E-state index contributed by atoms with van der Waals surface area (Å²) < 4.78 is 2.91. The lowest BCUT2D eigenvalue weighted by Crippen LogP contribution is -2.62. The Kier molecular flexibility index (Phi) is 11.0. The van der Waals surface area contributed by atoms with Crippen LogP contribution in [0.4, 0.5) is 34.1 Å². The van der Waals surface area contributed by atoms with Gasteiger partial charge >= 0.3 is 0 Å². The summed E-state index contributed by atoms with van der Waals surface area (Å²) in [6, 6.07) is 40.2. The molecule has 5 heteroatoms. The third kappa shape index (κ3) is 7.63. The molecule has 7 aromatic rings. The Labute approximate surface area is 457 Å². The fraction of sp³-hybridized carbons (Fsp3) is 0.457. The van der Waals surface area contributed by atoms with Crippen molar-refractivity contribution in [3.8, 4) is 11.1 Å². The summed E-state index contributed by atoms with van der Waals surface area (Å²) >= 11 is 2.10. The number of hydrogen-bond acceptors (Lipinski definition) is 3. The van der Waals surface area contributed by atoms with Gasteiger partial charge < -0.3 is 9.80 Å². The molecule has 0 spiro atoms. The molecule has 0 saturated heterocycles. The Bertz CT molecular complexity index is 3550. The number of hydrogen-bond donors (Lipinski definition) is 0. The van der Waals surface area contributed by atoms with Gasteiger partial charge in [0.2, 0.25) is 0 Å². The SMILES string of the molecule is Cc1cc(C(C)(C)C)ccc1N1c2cc([Si](C)(C)C)cc3c2B(c2ccc4c(c2N3c2cc3c(cc2-c2ccccc2)C(C)(C)CCC3(C)C)C(C)(C)CCC4(C)C)c2sc3cc4c(cc3c21)C(C)(C)CCC4(C)C. The molecule has 75 heavy (non-hydrogen) atoms. The topological polar surface area (TPSA) is 6.48 Å². The van der Waals surface area contributed by atoms with E-state index < -0.39 is 8.07 Å². The average Bonchev–Trinajstić information content (AvgIpc) is 3.72. The first-order valence-electron chi connectivity index (χ1n) is 28.8. The van der Waals surface area contributed by atoms with Gasteiger partial charge in [-0.05, 0) is 187 Å². The van der Waals surface area contributed by atoms with Crippen LogP contribution in [-0.4, -0.2) is 14.8 Å². The molecule has 0 radical (unpaired) electrons. The van der Waals surface area contributed by atoms with E-state index in [1.54, 1.807) is 11.1 Å². The Morgan fingerprint density at radius 3 is 1.59 bits per heavy atom. The van der Waals surface area contributed by atoms with Gasteiger partial charge in [0.15, 0.2) is 0 Å². The Balaban J connectivity index is 1.29. The lowest BCUT2D eigenvalue weighted by atomic mass is 9.35. The molecular weight excluding hydrogens is 940 g/mol. The molecule has 3 aliphatic carbocycles. The van der Waals surface area contributed by atoms with Crippen molar-refractivity contribution in [2.75, 3.05) is 9.80 Å². The number of aryl methyl sites for hydroxylation is 1. The zero-order valence-corrected chi connectivity index (χ0v) is 51.2. The van der Waals surface area contributed by atoms with Crippen molar-refractivity contribution in [1.29, 1.82) is 0 Å². The van der Waals surface area contributed by atoms with E-state index in [1.807, 2.05) is 0 Å². The third-order valence-corrected chi connectivity index (χ3v) is 23.3.